The van der Waals surface area contributed by atoms with Crippen LogP contribution in [0.3, 0.4) is 0 Å². The summed E-state index contributed by atoms with van der Waals surface area (Å²) < 4.78 is 0. The van der Waals surface area contributed by atoms with Crippen LogP contribution in [0, 0.1) is 0 Å². The number of benzene rings is 1. The van der Waals surface area contributed by atoms with Gasteiger partial charge in [-0.3, -0.25) is 4.79 Å². The van der Waals surface area contributed by atoms with Gasteiger partial charge >= 0.3 is 0 Å². The fourth-order valence-electron chi connectivity index (χ4n) is 1.11. The van der Waals surface area contributed by atoms with Crippen LogP contribution in [-0.2, 0) is 4.79 Å². The van der Waals surface area contributed by atoms with E-state index in [4.69, 9.17) is 5.53 Å². The number of hydrogen-bond donors (Lipinski definition) is 1. The van der Waals surface area contributed by atoms with E-state index in [-0.39, 0.29) is 12.3 Å². The zero-order valence-corrected chi connectivity index (χ0v) is 8.41. The summed E-state index contributed by atoms with van der Waals surface area (Å²) in [7, 11) is 0. The number of hydrogen-bond acceptors (Lipinski definition) is 3. The molecule has 1 N–H and O–H groups in total. The molecule has 0 aliphatic rings. The van der Waals surface area contributed by atoms with Gasteiger partial charge in [0.2, 0.25) is 0 Å². The van der Waals surface area contributed by atoms with Crippen molar-refractivity contribution in [2.75, 3.05) is 0 Å². The second kappa shape index (κ2) is 6.21. The summed E-state index contributed by atoms with van der Waals surface area (Å²) in [6.45, 7) is 0. The minimum Gasteiger partial charge on any atom is -0.343 e. The van der Waals surface area contributed by atoms with Crippen LogP contribution in [0.5, 0.6) is 0 Å². The molecule has 1 rings (SSSR count). The van der Waals surface area contributed by atoms with E-state index in [1.165, 1.54) is 0 Å². The van der Waals surface area contributed by atoms with E-state index in [9.17, 15) is 9.59 Å². The molecule has 0 radical (unpaired) electrons. The van der Waals surface area contributed by atoms with E-state index in [0.717, 1.165) is 0 Å². The monoisotopic (exact) mass is 218 g/mol. The maximum absolute atomic E-state index is 11.6. The van der Waals surface area contributed by atoms with Crippen molar-refractivity contribution in [1.82, 2.24) is 5.32 Å². The molecule has 0 aliphatic heterocycles. The Morgan fingerprint density at radius 1 is 1.50 bits per heavy atom. The van der Waals surface area contributed by atoms with Crippen molar-refractivity contribution in [2.24, 2.45) is 5.11 Å². The minimum absolute atomic E-state index is 0.0391. The molecule has 0 spiro atoms. The summed E-state index contributed by atoms with van der Waals surface area (Å²) in [5.41, 5.74) is 8.69. The first-order valence-corrected chi connectivity index (χ1v) is 4.61. The summed E-state index contributed by atoms with van der Waals surface area (Å²) in [6.07, 6.45) is -0.289. The highest BCUT2D eigenvalue weighted by molar-refractivity contribution is 5.94. The molecule has 0 aliphatic carbocycles. The van der Waals surface area contributed by atoms with Crippen molar-refractivity contribution in [3.8, 4) is 0 Å². The molecular weight excluding hydrogens is 208 g/mol. The van der Waals surface area contributed by atoms with Crippen LogP contribution in [0.1, 0.15) is 16.8 Å². The largest absolute Gasteiger partial charge is 0.343 e. The first-order chi connectivity index (χ1) is 7.77. The normalized spacial score (nSPS) is 11.0. The first-order valence-electron chi connectivity index (χ1n) is 4.61. The molecule has 1 aromatic carbocycles. The number of aldehydes is 1. The van der Waals surface area contributed by atoms with Crippen LogP contribution in [0.4, 0.5) is 0 Å². The fourth-order valence-corrected chi connectivity index (χ4v) is 1.11. The average Bonchev–Trinajstić information content (AvgIpc) is 2.31. The fraction of sp³-hybridized carbons (Fsp3) is 0.200. The number of carbonyl (C=O) groups excluding carboxylic acids is 2. The molecule has 0 bridgehead atoms. The third-order valence-electron chi connectivity index (χ3n) is 1.84. The third kappa shape index (κ3) is 3.43. The number of carbonyl (C=O) groups is 2. The summed E-state index contributed by atoms with van der Waals surface area (Å²) in [4.78, 5) is 24.4. The van der Waals surface area contributed by atoms with Gasteiger partial charge in [-0.2, -0.15) is 0 Å². The Morgan fingerprint density at radius 2 is 2.19 bits per heavy atom. The van der Waals surface area contributed by atoms with Gasteiger partial charge in [0.05, 0.1) is 0 Å². The molecule has 0 saturated carbocycles. The van der Waals surface area contributed by atoms with E-state index in [2.05, 4.69) is 15.3 Å². The van der Waals surface area contributed by atoms with Crippen molar-refractivity contribution >= 4 is 12.2 Å². The molecular formula is C10H10N4O2. The van der Waals surface area contributed by atoms with Gasteiger partial charge in [0.1, 0.15) is 12.5 Å². The van der Waals surface area contributed by atoms with Gasteiger partial charge in [-0.1, -0.05) is 23.3 Å². The molecule has 1 aromatic rings. The Labute approximate surface area is 91.9 Å². The van der Waals surface area contributed by atoms with Crippen LogP contribution in [0.25, 0.3) is 10.4 Å². The number of nitrogens with zero attached hydrogens (tertiary/aromatic N) is 3. The zero-order valence-electron chi connectivity index (χ0n) is 8.41. The maximum Gasteiger partial charge on any atom is 0.251 e. The third-order valence-corrected chi connectivity index (χ3v) is 1.84. The smallest absolute Gasteiger partial charge is 0.251 e. The molecule has 1 amide bonds. The molecule has 1 unspecified atom stereocenters. The lowest BCUT2D eigenvalue weighted by molar-refractivity contribution is -0.108. The van der Waals surface area contributed by atoms with E-state index >= 15 is 0 Å². The Kier molecular flexibility index (Phi) is 4.56. The molecule has 0 fully saturated rings. The van der Waals surface area contributed by atoms with Crippen molar-refractivity contribution in [2.45, 2.75) is 12.6 Å². The van der Waals surface area contributed by atoms with Crippen LogP contribution in [0.2, 0.25) is 0 Å². The Morgan fingerprint density at radius 3 is 2.75 bits per heavy atom. The molecule has 6 nitrogen and oxygen atoms in total. The number of rotatable bonds is 5. The maximum atomic E-state index is 11.6. The van der Waals surface area contributed by atoms with Gasteiger partial charge in [-0.15, -0.1) is 0 Å². The highest BCUT2D eigenvalue weighted by Gasteiger charge is 2.10. The zero-order chi connectivity index (χ0) is 11.8. The van der Waals surface area contributed by atoms with Crippen molar-refractivity contribution in [3.05, 3.63) is 46.3 Å². The van der Waals surface area contributed by atoms with Crippen LogP contribution < -0.4 is 5.32 Å². The van der Waals surface area contributed by atoms with Crippen molar-refractivity contribution in [1.29, 1.82) is 0 Å². The molecule has 6 heteroatoms. The Balaban J connectivity index is 2.68. The van der Waals surface area contributed by atoms with E-state index in [1.807, 2.05) is 0 Å². The SMILES string of the molecule is [N-]=[N+]=NC(CC=O)NC(=O)c1ccccc1. The molecule has 82 valence electrons. The second-order valence-electron chi connectivity index (χ2n) is 2.96. The van der Waals surface area contributed by atoms with E-state index in [0.29, 0.717) is 11.8 Å². The van der Waals surface area contributed by atoms with E-state index < -0.39 is 6.17 Å². The number of nitrogens with one attached hydrogen (secondary N) is 1. The predicted molar refractivity (Wildman–Crippen MR) is 57.5 cm³/mol. The topological polar surface area (TPSA) is 94.9 Å². The lowest BCUT2D eigenvalue weighted by atomic mass is 10.2. The van der Waals surface area contributed by atoms with E-state index in [1.54, 1.807) is 30.3 Å². The summed E-state index contributed by atoms with van der Waals surface area (Å²) in [5, 5.41) is 5.74. The molecule has 0 aromatic heterocycles. The van der Waals surface area contributed by atoms with Gasteiger partial charge in [0.25, 0.3) is 5.91 Å². The Hall–Kier alpha value is -2.33. The average molecular weight is 218 g/mol. The van der Waals surface area contributed by atoms with Gasteiger partial charge < -0.3 is 10.1 Å². The lowest BCUT2D eigenvalue weighted by Crippen LogP contribution is -2.33. The highest BCUT2D eigenvalue weighted by Crippen LogP contribution is 2.00. The first kappa shape index (κ1) is 11.7. The molecule has 16 heavy (non-hydrogen) atoms. The molecule has 1 atom stereocenters. The summed E-state index contributed by atoms with van der Waals surface area (Å²) in [6, 6.07) is 8.48. The summed E-state index contributed by atoms with van der Waals surface area (Å²) in [5.74, 6) is -0.375. The standard InChI is InChI=1S/C10H10N4O2/c11-14-13-9(6-7-15)12-10(16)8-4-2-1-3-5-8/h1-5,7,9H,6H2,(H,12,16). The van der Waals surface area contributed by atoms with Crippen molar-refractivity contribution in [3.63, 3.8) is 0 Å². The van der Waals surface area contributed by atoms with Gasteiger partial charge in [-0.05, 0) is 17.7 Å². The number of azide groups is 1. The lowest BCUT2D eigenvalue weighted by Gasteiger charge is -2.09. The highest BCUT2D eigenvalue weighted by atomic mass is 16.2. The minimum atomic E-state index is -0.838. The van der Waals surface area contributed by atoms with Crippen LogP contribution in [-0.4, -0.2) is 18.4 Å². The second-order valence-corrected chi connectivity index (χ2v) is 2.96. The number of amides is 1. The van der Waals surface area contributed by atoms with Crippen molar-refractivity contribution < 1.29 is 9.59 Å². The van der Waals surface area contributed by atoms with Gasteiger partial charge in [-0.25, -0.2) is 0 Å². The predicted octanol–water partition coefficient (Wildman–Crippen LogP) is 1.64. The molecule has 0 saturated heterocycles. The quantitative estimate of drug-likeness (QED) is 0.352. The molecule has 0 heterocycles. The Bertz CT molecular complexity index is 412. The van der Waals surface area contributed by atoms with Gasteiger partial charge in [0.15, 0.2) is 0 Å². The van der Waals surface area contributed by atoms with Crippen LogP contribution >= 0.6 is 0 Å². The summed E-state index contributed by atoms with van der Waals surface area (Å²) >= 11 is 0. The van der Waals surface area contributed by atoms with Crippen LogP contribution in [0.15, 0.2) is 35.4 Å². The van der Waals surface area contributed by atoms with Gasteiger partial charge in [0, 0.05) is 16.9 Å².